The number of carbonyl (C=O) groups is 9. The fraction of sp³-hybridized carbons (Fsp3) is 0.583. The number of nitrogens with two attached hydrogens (primary N) is 2. The van der Waals surface area contributed by atoms with E-state index >= 15 is 0 Å². The van der Waals surface area contributed by atoms with Crippen LogP contribution in [0.15, 0.2) is 24.3 Å². The lowest BCUT2D eigenvalue weighted by atomic mass is 9.96. The molecule has 0 radical (unpaired) electrons. The number of carboxylic acid groups (broad SMARTS) is 4. The first kappa shape index (κ1) is 51.1. The molecular weight excluding hydrogens is 782 g/mol. The standard InChI is InChI=1S/C36H57N9O14/c1-3-18(2)29(34(57)44-25(35(58)59)5-4-16-40-36(38)39)45-33(56)24(12-15-28(51)52)43-32(55)23(11-14-27(49)50)42-31(54)22(10-13-26(47)48)41-30(53)21(37)17-19-6-8-20(46)9-7-19/h6-9,18,21-25,29,36,40,46H,3-5,10-17,37-39H2,1-2H3,(H,41,53)(H,42,54)(H,43,55)(H,44,57)(H,45,56)(H,47,48)(H,49,50)(H,51,52)(H,58,59)/p+1. The van der Waals surface area contributed by atoms with Crippen LogP contribution in [0.25, 0.3) is 0 Å². The Morgan fingerprint density at radius 2 is 1.05 bits per heavy atom. The van der Waals surface area contributed by atoms with Gasteiger partial charge in [0.05, 0.1) is 6.04 Å². The number of hydrogen-bond donors (Lipinski definition) is 14. The van der Waals surface area contributed by atoms with Gasteiger partial charge in [-0.1, -0.05) is 32.4 Å². The first-order chi connectivity index (χ1) is 27.6. The average Bonchev–Trinajstić information content (AvgIpc) is 3.16. The van der Waals surface area contributed by atoms with E-state index in [9.17, 15) is 68.7 Å². The Kier molecular flexibility index (Phi) is 22.7. The molecule has 59 heavy (non-hydrogen) atoms. The molecule has 0 fully saturated rings. The third-order valence-electron chi connectivity index (χ3n) is 9.05. The lowest BCUT2D eigenvalue weighted by Crippen LogP contribution is -2.73. The van der Waals surface area contributed by atoms with E-state index in [1.54, 1.807) is 13.8 Å². The summed E-state index contributed by atoms with van der Waals surface area (Å²) in [6.07, 6.45) is -3.70. The summed E-state index contributed by atoms with van der Waals surface area (Å²) in [6.45, 7) is 3.57. The summed E-state index contributed by atoms with van der Waals surface area (Å²) in [6, 6.07) is -3.26. The summed E-state index contributed by atoms with van der Waals surface area (Å²) in [5.41, 5.74) is 15.6. The minimum atomic E-state index is -1.73. The van der Waals surface area contributed by atoms with Crippen molar-refractivity contribution in [2.24, 2.45) is 17.4 Å². The molecule has 1 aromatic carbocycles. The van der Waals surface area contributed by atoms with E-state index in [4.69, 9.17) is 11.5 Å². The zero-order valence-corrected chi connectivity index (χ0v) is 33.0. The van der Waals surface area contributed by atoms with Crippen molar-refractivity contribution in [2.75, 3.05) is 6.54 Å². The molecule has 0 aliphatic rings. The van der Waals surface area contributed by atoms with Crippen molar-refractivity contribution in [1.82, 2.24) is 31.9 Å². The van der Waals surface area contributed by atoms with E-state index in [1.165, 1.54) is 24.3 Å². The summed E-state index contributed by atoms with van der Waals surface area (Å²) >= 11 is 0. The van der Waals surface area contributed by atoms with Crippen molar-refractivity contribution in [3.63, 3.8) is 0 Å². The number of rotatable bonds is 29. The van der Waals surface area contributed by atoms with Crippen molar-refractivity contribution >= 4 is 53.4 Å². The molecule has 1 aromatic rings. The van der Waals surface area contributed by atoms with Crippen LogP contribution in [0.2, 0.25) is 0 Å². The van der Waals surface area contributed by atoms with Crippen LogP contribution in [0.1, 0.15) is 77.2 Å². The molecule has 330 valence electrons. The smallest absolute Gasteiger partial charge is 0.326 e. The highest BCUT2D eigenvalue weighted by Gasteiger charge is 2.35. The fourth-order valence-corrected chi connectivity index (χ4v) is 5.48. The first-order valence-electron chi connectivity index (χ1n) is 18.9. The number of benzene rings is 1. The summed E-state index contributed by atoms with van der Waals surface area (Å²) in [5.74, 6) is -11.2. The number of phenols is 1. The first-order valence-corrected chi connectivity index (χ1v) is 18.9. The molecule has 23 nitrogen and oxygen atoms in total. The molecule has 18 N–H and O–H groups in total. The van der Waals surface area contributed by atoms with Crippen LogP contribution in [0.3, 0.4) is 0 Å². The molecule has 0 bridgehead atoms. The van der Waals surface area contributed by atoms with Gasteiger partial charge >= 0.3 is 23.9 Å². The molecule has 8 atom stereocenters. The maximum atomic E-state index is 13.7. The number of hydrogen-bond acceptors (Lipinski definition) is 13. The third kappa shape index (κ3) is 20.4. The van der Waals surface area contributed by atoms with E-state index in [0.29, 0.717) is 18.5 Å². The minimum Gasteiger partial charge on any atom is -0.508 e. The average molecular weight is 841 g/mol. The number of aliphatic carboxylic acids is 4. The van der Waals surface area contributed by atoms with Gasteiger partial charge in [0.1, 0.15) is 36.0 Å². The van der Waals surface area contributed by atoms with Crippen molar-refractivity contribution < 1.29 is 74.4 Å². The number of carboxylic acids is 4. The van der Waals surface area contributed by atoms with E-state index in [2.05, 4.69) is 37.6 Å². The Balaban J connectivity index is 3.31. The van der Waals surface area contributed by atoms with Crippen LogP contribution in [0, 0.1) is 5.92 Å². The van der Waals surface area contributed by atoms with Crippen LogP contribution in [-0.4, -0.2) is 128 Å². The zero-order chi connectivity index (χ0) is 44.8. The van der Waals surface area contributed by atoms with Crippen LogP contribution in [-0.2, 0) is 49.6 Å². The molecule has 0 aliphatic carbocycles. The van der Waals surface area contributed by atoms with Gasteiger partial charge in [-0.2, -0.15) is 0 Å². The molecule has 8 unspecified atom stereocenters. The largest absolute Gasteiger partial charge is 0.508 e. The molecule has 0 spiro atoms. The number of nitrogens with one attached hydrogen (secondary N) is 6. The molecule has 23 heteroatoms. The maximum Gasteiger partial charge on any atom is 0.326 e. The molecule has 0 heterocycles. The van der Waals surface area contributed by atoms with Gasteiger partial charge in [-0.05, 0) is 62.1 Å². The Labute approximate surface area is 339 Å². The third-order valence-corrected chi connectivity index (χ3v) is 9.05. The van der Waals surface area contributed by atoms with Gasteiger partial charge < -0.3 is 63.6 Å². The van der Waals surface area contributed by atoms with Gasteiger partial charge in [-0.3, -0.25) is 49.4 Å². The Bertz CT molecular complexity index is 1610. The minimum absolute atomic E-state index is 0.0177. The van der Waals surface area contributed by atoms with Gasteiger partial charge in [0, 0.05) is 25.8 Å². The lowest BCUT2D eigenvalue weighted by molar-refractivity contribution is -0.427. The number of carbonyl (C=O) groups excluding carboxylic acids is 5. The lowest BCUT2D eigenvalue weighted by Gasteiger charge is -2.29. The van der Waals surface area contributed by atoms with E-state index in [0.717, 1.165) is 0 Å². The molecule has 0 saturated heterocycles. The van der Waals surface area contributed by atoms with Crippen molar-refractivity contribution in [1.29, 1.82) is 0 Å². The van der Waals surface area contributed by atoms with Gasteiger partial charge in [-0.15, -0.1) is 0 Å². The number of amides is 5. The second kappa shape index (κ2) is 26.2. The Morgan fingerprint density at radius 1 is 0.627 bits per heavy atom. The summed E-state index contributed by atoms with van der Waals surface area (Å²) in [5, 5.41) is 61.8. The fourth-order valence-electron chi connectivity index (χ4n) is 5.48. The quantitative estimate of drug-likeness (QED) is 0.0272. The summed E-state index contributed by atoms with van der Waals surface area (Å²) in [4.78, 5) is 114. The second-order valence-electron chi connectivity index (χ2n) is 13.9. The number of phenolic OH excluding ortho intramolecular Hbond substituents is 1. The summed E-state index contributed by atoms with van der Waals surface area (Å²) in [7, 11) is 0. The van der Waals surface area contributed by atoms with Crippen molar-refractivity contribution in [3.8, 4) is 5.75 Å². The highest BCUT2D eigenvalue weighted by molar-refractivity contribution is 5.96. The van der Waals surface area contributed by atoms with Crippen molar-refractivity contribution in [3.05, 3.63) is 29.8 Å². The Morgan fingerprint density at radius 3 is 1.46 bits per heavy atom. The predicted molar refractivity (Wildman–Crippen MR) is 205 cm³/mol. The van der Waals surface area contributed by atoms with E-state index < -0.39 is 140 Å². The maximum absolute atomic E-state index is 13.7. The van der Waals surface area contributed by atoms with Gasteiger partial charge in [0.25, 0.3) is 0 Å². The van der Waals surface area contributed by atoms with Gasteiger partial charge in [-0.25, -0.2) is 4.79 Å². The molecule has 1 rings (SSSR count). The highest BCUT2D eigenvalue weighted by Crippen LogP contribution is 2.13. The highest BCUT2D eigenvalue weighted by atomic mass is 16.4. The van der Waals surface area contributed by atoms with Crippen molar-refractivity contribution in [2.45, 2.75) is 121 Å². The van der Waals surface area contributed by atoms with Crippen LogP contribution < -0.4 is 49.1 Å². The molecular formula is C36H58N9O14+. The van der Waals surface area contributed by atoms with E-state index in [1.807, 2.05) is 0 Å². The zero-order valence-electron chi connectivity index (χ0n) is 33.0. The monoisotopic (exact) mass is 840 g/mol. The SMILES string of the molecule is CCC(C)C(NC(=O)C(CCC(=O)O)NC(=O)C(CCC(=O)O)NC(=O)C(CCC(=O)O)NC(=O)C(N)Cc1ccc(O)cc1)C(=O)NC(CCCNC(N)[NH3+])C(=O)O. The van der Waals surface area contributed by atoms with E-state index in [-0.39, 0.29) is 25.0 Å². The molecule has 5 amide bonds. The van der Waals surface area contributed by atoms with Crippen LogP contribution in [0.5, 0.6) is 5.75 Å². The second-order valence-corrected chi connectivity index (χ2v) is 13.9. The number of quaternary nitrogens is 1. The summed E-state index contributed by atoms with van der Waals surface area (Å²) < 4.78 is 0. The Hall–Kier alpha value is -5.91. The molecule has 0 saturated carbocycles. The number of aromatic hydroxyl groups is 1. The van der Waals surface area contributed by atoms with Gasteiger partial charge in [0.15, 0.2) is 6.29 Å². The molecule has 0 aliphatic heterocycles. The molecule has 0 aromatic heterocycles. The topological polar surface area (TPSA) is 407 Å². The van der Waals surface area contributed by atoms with Crippen LogP contribution >= 0.6 is 0 Å². The predicted octanol–water partition coefficient (Wildman–Crippen LogP) is -3.73. The van der Waals surface area contributed by atoms with Gasteiger partial charge in [0.2, 0.25) is 29.5 Å². The van der Waals surface area contributed by atoms with Crippen LogP contribution in [0.4, 0.5) is 0 Å². The normalized spacial score (nSPS) is 15.1.